The number of benzene rings is 2. The Morgan fingerprint density at radius 1 is 1.21 bits per heavy atom. The highest BCUT2D eigenvalue weighted by Crippen LogP contribution is 2.50. The van der Waals surface area contributed by atoms with Gasteiger partial charge >= 0.3 is 0 Å². The lowest BCUT2D eigenvalue weighted by Gasteiger charge is -2.38. The molecule has 0 fully saturated rings. The monoisotopic (exact) mass is 394 g/mol. The molecular weight excluding hydrogens is 375 g/mol. The summed E-state index contributed by atoms with van der Waals surface area (Å²) in [6.45, 7) is 2.50. The van der Waals surface area contributed by atoms with Gasteiger partial charge in [0.15, 0.2) is 11.5 Å². The lowest BCUT2D eigenvalue weighted by Crippen LogP contribution is -2.34. The third-order valence-corrected chi connectivity index (χ3v) is 5.94. The van der Waals surface area contributed by atoms with Crippen LogP contribution in [0.15, 0.2) is 65.1 Å². The van der Waals surface area contributed by atoms with Gasteiger partial charge in [-0.1, -0.05) is 30.3 Å². The standard InChI is InChI=1S/C22H19FN2O2S/c1-2-26-19-9-4-8-16-18-13-17(20-10-5-11-28-20)24-25(18)22(27-21(16)19)14-6-3-7-15(23)12-14/h3-12,18,22H,2,13H2,1H3/t18-,22-/m0/s1. The van der Waals surface area contributed by atoms with E-state index in [0.717, 1.165) is 33.9 Å². The first-order valence-corrected chi connectivity index (χ1v) is 10.2. The minimum absolute atomic E-state index is 0.0227. The van der Waals surface area contributed by atoms with Gasteiger partial charge in [0.1, 0.15) is 5.82 Å². The number of hydrogen-bond acceptors (Lipinski definition) is 5. The van der Waals surface area contributed by atoms with Crippen molar-refractivity contribution in [3.05, 3.63) is 81.8 Å². The van der Waals surface area contributed by atoms with Gasteiger partial charge in [0.25, 0.3) is 0 Å². The maximum Gasteiger partial charge on any atom is 0.214 e. The SMILES string of the molecule is CCOc1cccc2c1O[C@@H](c1cccc(F)c1)N1N=C(c3cccs3)C[C@@H]21. The Kier molecular flexibility index (Phi) is 4.28. The molecule has 0 N–H and O–H groups in total. The molecule has 1 aromatic heterocycles. The summed E-state index contributed by atoms with van der Waals surface area (Å²) in [5, 5.41) is 8.90. The molecule has 6 heteroatoms. The van der Waals surface area contributed by atoms with Gasteiger partial charge in [-0.05, 0) is 36.6 Å². The molecule has 0 bridgehead atoms. The summed E-state index contributed by atoms with van der Waals surface area (Å²) in [6.07, 6.45) is 0.269. The Hall–Kier alpha value is -2.86. The normalized spacial score (nSPS) is 20.2. The summed E-state index contributed by atoms with van der Waals surface area (Å²) in [4.78, 5) is 1.15. The van der Waals surface area contributed by atoms with E-state index in [1.807, 2.05) is 36.2 Å². The van der Waals surface area contributed by atoms with Gasteiger partial charge in [-0.3, -0.25) is 0 Å². The maximum absolute atomic E-state index is 13.9. The van der Waals surface area contributed by atoms with E-state index >= 15 is 0 Å². The first kappa shape index (κ1) is 17.3. The molecule has 0 unspecified atom stereocenters. The number of halogens is 1. The van der Waals surface area contributed by atoms with Gasteiger partial charge in [0.05, 0.1) is 23.2 Å². The van der Waals surface area contributed by atoms with E-state index in [1.165, 1.54) is 12.1 Å². The topological polar surface area (TPSA) is 34.1 Å². The fourth-order valence-electron chi connectivity index (χ4n) is 3.82. The van der Waals surface area contributed by atoms with Crippen molar-refractivity contribution in [2.24, 2.45) is 5.10 Å². The van der Waals surface area contributed by atoms with Crippen LogP contribution in [-0.2, 0) is 0 Å². The second kappa shape index (κ2) is 6.95. The zero-order valence-corrected chi connectivity index (χ0v) is 16.2. The van der Waals surface area contributed by atoms with E-state index in [1.54, 1.807) is 17.4 Å². The first-order chi connectivity index (χ1) is 13.7. The smallest absolute Gasteiger partial charge is 0.214 e. The molecule has 0 saturated heterocycles. The van der Waals surface area contributed by atoms with E-state index in [9.17, 15) is 4.39 Å². The van der Waals surface area contributed by atoms with Crippen molar-refractivity contribution in [3.63, 3.8) is 0 Å². The molecule has 2 atom stereocenters. The fraction of sp³-hybridized carbons (Fsp3) is 0.227. The molecule has 0 aliphatic carbocycles. The Morgan fingerprint density at radius 3 is 2.89 bits per heavy atom. The van der Waals surface area contributed by atoms with Gasteiger partial charge in [-0.15, -0.1) is 11.3 Å². The number of thiophene rings is 1. The minimum Gasteiger partial charge on any atom is -0.490 e. The van der Waals surface area contributed by atoms with Crippen LogP contribution < -0.4 is 9.47 Å². The van der Waals surface area contributed by atoms with Crippen molar-refractivity contribution < 1.29 is 13.9 Å². The van der Waals surface area contributed by atoms with Gasteiger partial charge < -0.3 is 9.47 Å². The van der Waals surface area contributed by atoms with Crippen molar-refractivity contribution in [2.75, 3.05) is 6.61 Å². The van der Waals surface area contributed by atoms with Crippen LogP contribution in [0.2, 0.25) is 0 Å². The van der Waals surface area contributed by atoms with E-state index in [-0.39, 0.29) is 11.9 Å². The molecule has 0 amide bonds. The average Bonchev–Trinajstić information content (AvgIpc) is 3.38. The van der Waals surface area contributed by atoms with Crippen LogP contribution in [0.3, 0.4) is 0 Å². The van der Waals surface area contributed by atoms with E-state index in [4.69, 9.17) is 14.6 Å². The predicted molar refractivity (Wildman–Crippen MR) is 107 cm³/mol. The maximum atomic E-state index is 13.9. The second-order valence-corrected chi connectivity index (χ2v) is 7.70. The average molecular weight is 394 g/mol. The van der Waals surface area contributed by atoms with Crippen LogP contribution in [0.4, 0.5) is 4.39 Å². The van der Waals surface area contributed by atoms with E-state index in [0.29, 0.717) is 12.4 Å². The highest BCUT2D eigenvalue weighted by molar-refractivity contribution is 7.12. The Bertz CT molecular complexity index is 1030. The Morgan fingerprint density at radius 2 is 2.11 bits per heavy atom. The highest BCUT2D eigenvalue weighted by atomic mass is 32.1. The zero-order valence-electron chi connectivity index (χ0n) is 15.3. The third-order valence-electron chi connectivity index (χ3n) is 5.02. The molecule has 5 rings (SSSR count). The molecule has 0 spiro atoms. The fourth-order valence-corrected chi connectivity index (χ4v) is 4.55. The van der Waals surface area contributed by atoms with Crippen LogP contribution in [0.5, 0.6) is 11.5 Å². The van der Waals surface area contributed by atoms with Gasteiger partial charge in [-0.25, -0.2) is 9.40 Å². The zero-order chi connectivity index (χ0) is 19.1. The Labute approximate surface area is 166 Å². The van der Waals surface area contributed by atoms with Crippen LogP contribution in [-0.4, -0.2) is 17.3 Å². The molecule has 3 heterocycles. The van der Waals surface area contributed by atoms with E-state index in [2.05, 4.69) is 17.5 Å². The molecule has 2 aromatic carbocycles. The molecule has 4 nitrogen and oxygen atoms in total. The molecule has 2 aliphatic rings. The van der Waals surface area contributed by atoms with Crippen molar-refractivity contribution in [3.8, 4) is 11.5 Å². The summed E-state index contributed by atoms with van der Waals surface area (Å²) in [5.74, 6) is 1.15. The first-order valence-electron chi connectivity index (χ1n) is 9.32. The minimum atomic E-state index is -0.507. The third kappa shape index (κ3) is 2.85. The lowest BCUT2D eigenvalue weighted by atomic mass is 9.97. The summed E-state index contributed by atoms with van der Waals surface area (Å²) in [5.41, 5.74) is 2.81. The summed E-state index contributed by atoms with van der Waals surface area (Å²) in [7, 11) is 0. The Balaban J connectivity index is 1.63. The van der Waals surface area contributed by atoms with Gasteiger partial charge in [0, 0.05) is 17.5 Å². The van der Waals surface area contributed by atoms with Gasteiger partial charge in [0.2, 0.25) is 6.23 Å². The van der Waals surface area contributed by atoms with Crippen LogP contribution in [0.25, 0.3) is 0 Å². The molecule has 28 heavy (non-hydrogen) atoms. The number of nitrogens with zero attached hydrogens (tertiary/aromatic N) is 2. The highest BCUT2D eigenvalue weighted by Gasteiger charge is 2.42. The van der Waals surface area contributed by atoms with Crippen molar-refractivity contribution in [1.82, 2.24) is 5.01 Å². The summed E-state index contributed by atoms with van der Waals surface area (Å²) in [6, 6.07) is 16.6. The van der Waals surface area contributed by atoms with Crippen molar-refractivity contribution in [2.45, 2.75) is 25.6 Å². The van der Waals surface area contributed by atoms with Crippen LogP contribution in [0, 0.1) is 5.82 Å². The molecule has 3 aromatic rings. The molecule has 142 valence electrons. The number of fused-ring (bicyclic) bond motifs is 3. The predicted octanol–water partition coefficient (Wildman–Crippen LogP) is 5.53. The second-order valence-electron chi connectivity index (χ2n) is 6.76. The number of hydrazone groups is 1. The largest absolute Gasteiger partial charge is 0.490 e. The van der Waals surface area contributed by atoms with Crippen molar-refractivity contribution in [1.29, 1.82) is 0 Å². The summed E-state index contributed by atoms with van der Waals surface area (Å²) >= 11 is 1.67. The van der Waals surface area contributed by atoms with Crippen LogP contribution in [0.1, 0.15) is 41.6 Å². The number of ether oxygens (including phenoxy) is 2. The summed E-state index contributed by atoms with van der Waals surface area (Å²) < 4.78 is 26.1. The molecule has 0 saturated carbocycles. The molecule has 2 aliphatic heterocycles. The quantitative estimate of drug-likeness (QED) is 0.584. The van der Waals surface area contributed by atoms with Crippen LogP contribution >= 0.6 is 11.3 Å². The number of para-hydroxylation sites is 1. The lowest BCUT2D eigenvalue weighted by molar-refractivity contribution is -0.0214. The van der Waals surface area contributed by atoms with Crippen molar-refractivity contribution >= 4 is 17.0 Å². The number of hydrogen-bond donors (Lipinski definition) is 0. The van der Waals surface area contributed by atoms with Gasteiger partial charge in [-0.2, -0.15) is 5.10 Å². The molecule has 0 radical (unpaired) electrons. The number of rotatable bonds is 4. The van der Waals surface area contributed by atoms with E-state index < -0.39 is 6.23 Å². The molecular formula is C22H19FN2O2S.